The smallest absolute Gasteiger partial charge is 0.269 e. The summed E-state index contributed by atoms with van der Waals surface area (Å²) in [5.41, 5.74) is 8.41. The van der Waals surface area contributed by atoms with Crippen molar-refractivity contribution in [2.24, 2.45) is 5.73 Å². The molecular weight excluding hydrogens is 458 g/mol. The second kappa shape index (κ2) is 10.0. The maximum atomic E-state index is 12.7. The molecule has 0 saturated carbocycles. The van der Waals surface area contributed by atoms with Gasteiger partial charge in [-0.15, -0.1) is 0 Å². The van der Waals surface area contributed by atoms with Gasteiger partial charge in [-0.3, -0.25) is 14.4 Å². The first-order valence-corrected chi connectivity index (χ1v) is 11.7. The van der Waals surface area contributed by atoms with E-state index in [1.165, 1.54) is 4.68 Å². The molecule has 3 aromatic rings. The van der Waals surface area contributed by atoms with Gasteiger partial charge in [-0.1, -0.05) is 25.6 Å². The highest BCUT2D eigenvalue weighted by Crippen LogP contribution is 2.35. The van der Waals surface area contributed by atoms with Gasteiger partial charge in [-0.25, -0.2) is 14.6 Å². The molecule has 1 saturated heterocycles. The number of carbonyl (C=O) groups is 3. The van der Waals surface area contributed by atoms with E-state index >= 15 is 0 Å². The number of nitrogens with zero attached hydrogens (tertiary/aromatic N) is 4. The topological polar surface area (TPSA) is 149 Å². The molecule has 0 aliphatic carbocycles. The molecule has 2 aromatic heterocycles. The normalized spacial score (nSPS) is 15.1. The number of primary amides is 1. The number of hydrogen-bond acceptors (Lipinski definition) is 6. The number of imidazole rings is 1. The zero-order valence-corrected chi connectivity index (χ0v) is 20.3. The summed E-state index contributed by atoms with van der Waals surface area (Å²) in [4.78, 5) is 48.1. The number of nitrogens with two attached hydrogens (primary N) is 2. The number of nitrogen functional groups attached to an aromatic ring is 1. The fraction of sp³-hybridized carbons (Fsp3) is 0.269. The number of nitrogens with one attached hydrogen (secondary N) is 1. The Kier molecular flexibility index (Phi) is 6.86. The molecule has 5 N–H and O–H groups in total. The maximum Gasteiger partial charge on any atom is 0.269 e. The highest BCUT2D eigenvalue weighted by atomic mass is 16.2. The quantitative estimate of drug-likeness (QED) is 0.345. The van der Waals surface area contributed by atoms with Crippen LogP contribution in [0.15, 0.2) is 54.7 Å². The molecule has 3 heterocycles. The molecule has 10 heteroatoms. The third-order valence-electron chi connectivity index (χ3n) is 6.24. The molecule has 36 heavy (non-hydrogen) atoms. The van der Waals surface area contributed by atoms with Crippen molar-refractivity contribution in [3.63, 3.8) is 0 Å². The summed E-state index contributed by atoms with van der Waals surface area (Å²) in [7, 11) is 0. The van der Waals surface area contributed by atoms with Crippen LogP contribution in [0.3, 0.4) is 0 Å². The highest BCUT2D eigenvalue weighted by molar-refractivity contribution is 6.04. The van der Waals surface area contributed by atoms with Crippen LogP contribution >= 0.6 is 0 Å². The maximum absolute atomic E-state index is 12.7. The Labute approximate surface area is 209 Å². The third-order valence-corrected chi connectivity index (χ3v) is 6.24. The molecule has 1 atom stereocenters. The first-order chi connectivity index (χ1) is 17.2. The largest absolute Gasteiger partial charge is 0.364 e. The summed E-state index contributed by atoms with van der Waals surface area (Å²) in [5, 5.41) is 2.79. The van der Waals surface area contributed by atoms with E-state index < -0.39 is 11.9 Å². The van der Waals surface area contributed by atoms with Gasteiger partial charge in [0, 0.05) is 29.4 Å². The lowest BCUT2D eigenvalue weighted by Crippen LogP contribution is -2.34. The van der Waals surface area contributed by atoms with Gasteiger partial charge >= 0.3 is 0 Å². The van der Waals surface area contributed by atoms with Crippen molar-refractivity contribution in [3.05, 3.63) is 77.4 Å². The van der Waals surface area contributed by atoms with Crippen LogP contribution in [0.2, 0.25) is 0 Å². The van der Waals surface area contributed by atoms with Crippen molar-refractivity contribution in [1.29, 1.82) is 0 Å². The fourth-order valence-corrected chi connectivity index (χ4v) is 4.38. The van der Waals surface area contributed by atoms with E-state index in [0.717, 1.165) is 18.4 Å². The van der Waals surface area contributed by atoms with Crippen molar-refractivity contribution in [3.8, 4) is 11.3 Å². The van der Waals surface area contributed by atoms with Gasteiger partial charge in [0.2, 0.25) is 5.91 Å². The first kappa shape index (κ1) is 24.6. The van der Waals surface area contributed by atoms with Crippen LogP contribution in [0.4, 0.5) is 5.82 Å². The molecule has 0 radical (unpaired) electrons. The number of benzene rings is 1. The first-order valence-electron chi connectivity index (χ1n) is 11.7. The predicted octanol–water partition coefficient (Wildman–Crippen LogP) is 2.81. The Morgan fingerprint density at radius 2 is 1.92 bits per heavy atom. The predicted molar refractivity (Wildman–Crippen MR) is 136 cm³/mol. The number of aryl methyl sites for hydroxylation is 1. The highest BCUT2D eigenvalue weighted by Gasteiger charge is 2.35. The molecule has 1 unspecified atom stereocenters. The number of aromatic nitrogens is 3. The minimum atomic E-state index is -0.745. The monoisotopic (exact) mass is 487 g/mol. The van der Waals surface area contributed by atoms with E-state index in [1.807, 2.05) is 19.1 Å². The van der Waals surface area contributed by atoms with E-state index in [4.69, 9.17) is 11.6 Å². The van der Waals surface area contributed by atoms with Gasteiger partial charge in [0.1, 0.15) is 11.5 Å². The van der Waals surface area contributed by atoms with Crippen molar-refractivity contribution in [1.82, 2.24) is 19.5 Å². The minimum absolute atomic E-state index is 0.0254. The molecule has 1 aromatic carbocycles. The van der Waals surface area contributed by atoms with Crippen molar-refractivity contribution in [2.75, 3.05) is 17.7 Å². The Bertz CT molecular complexity index is 1340. The van der Waals surface area contributed by atoms with Gasteiger partial charge in [0.25, 0.3) is 11.8 Å². The Hall–Kier alpha value is -4.47. The standard InChI is InChI=1S/C26H29N7O3/c1-4-16-11-12-29-20(14-16)30-25(35)18-9-7-17(8-10-18)21-22(23(27)34)33(28)24(31-21)19-6-5-13-32(19)26(36)15(2)3/h7-12,14,19H,2,4-6,13,28H2,1,3H3,(H2,27,34)(H,29,30,35). The van der Waals surface area contributed by atoms with Crippen LogP contribution in [0.1, 0.15) is 65.0 Å². The Morgan fingerprint density at radius 1 is 1.19 bits per heavy atom. The zero-order valence-electron chi connectivity index (χ0n) is 20.3. The molecule has 1 fully saturated rings. The van der Waals surface area contributed by atoms with Crippen LogP contribution < -0.4 is 16.9 Å². The summed E-state index contributed by atoms with van der Waals surface area (Å²) >= 11 is 0. The molecule has 1 aliphatic heterocycles. The number of likely N-dealkylation sites (tertiary alicyclic amines) is 1. The lowest BCUT2D eigenvalue weighted by atomic mass is 10.1. The van der Waals surface area contributed by atoms with Crippen LogP contribution in [0, 0.1) is 0 Å². The third kappa shape index (κ3) is 4.70. The number of pyridine rings is 1. The van der Waals surface area contributed by atoms with Gasteiger partial charge in [0.05, 0.1) is 6.04 Å². The molecule has 3 amide bonds. The Balaban J connectivity index is 1.63. The van der Waals surface area contributed by atoms with Crippen LogP contribution in [-0.4, -0.2) is 43.8 Å². The van der Waals surface area contributed by atoms with Crippen molar-refractivity contribution >= 4 is 23.5 Å². The van der Waals surface area contributed by atoms with Gasteiger partial charge < -0.3 is 21.8 Å². The molecule has 10 nitrogen and oxygen atoms in total. The molecular formula is C26H29N7O3. The van der Waals surface area contributed by atoms with Crippen molar-refractivity contribution < 1.29 is 14.4 Å². The number of carbonyl (C=O) groups excluding carboxylic acids is 3. The Morgan fingerprint density at radius 3 is 2.56 bits per heavy atom. The summed E-state index contributed by atoms with van der Waals surface area (Å²) in [6, 6.07) is 9.92. The van der Waals surface area contributed by atoms with Gasteiger partial charge in [-0.2, -0.15) is 0 Å². The number of amides is 3. The van der Waals surface area contributed by atoms with Gasteiger partial charge in [-0.05, 0) is 56.0 Å². The van der Waals surface area contributed by atoms with E-state index in [-0.39, 0.29) is 17.5 Å². The molecule has 1 aliphatic rings. The summed E-state index contributed by atoms with van der Waals surface area (Å²) in [5.74, 6) is 5.86. The number of hydrogen-bond donors (Lipinski definition) is 3. The van der Waals surface area contributed by atoms with Crippen LogP contribution in [0.5, 0.6) is 0 Å². The fourth-order valence-electron chi connectivity index (χ4n) is 4.38. The van der Waals surface area contributed by atoms with Crippen molar-refractivity contribution in [2.45, 2.75) is 39.2 Å². The summed E-state index contributed by atoms with van der Waals surface area (Å²) in [6.07, 6.45) is 3.91. The molecule has 0 spiro atoms. The SMILES string of the molecule is C=C(C)C(=O)N1CCCC1c1nc(-c2ccc(C(=O)Nc3cc(CC)ccn3)cc2)c(C(N)=O)n1N. The van der Waals surface area contributed by atoms with Crippen LogP contribution in [0.25, 0.3) is 11.3 Å². The van der Waals surface area contributed by atoms with E-state index in [9.17, 15) is 14.4 Å². The average molecular weight is 488 g/mol. The second-order valence-electron chi connectivity index (χ2n) is 8.77. The molecule has 186 valence electrons. The van der Waals surface area contributed by atoms with E-state index in [1.54, 1.807) is 42.3 Å². The lowest BCUT2D eigenvalue weighted by molar-refractivity contribution is -0.128. The lowest BCUT2D eigenvalue weighted by Gasteiger charge is -2.24. The number of anilines is 1. The summed E-state index contributed by atoms with van der Waals surface area (Å²) < 4.78 is 1.17. The number of rotatable bonds is 7. The van der Waals surface area contributed by atoms with Crippen LogP contribution in [-0.2, 0) is 11.2 Å². The minimum Gasteiger partial charge on any atom is -0.364 e. The average Bonchev–Trinajstić information content (AvgIpc) is 3.48. The van der Waals surface area contributed by atoms with E-state index in [0.29, 0.717) is 47.0 Å². The molecule has 4 rings (SSSR count). The second-order valence-corrected chi connectivity index (χ2v) is 8.77. The van der Waals surface area contributed by atoms with Gasteiger partial charge in [0.15, 0.2) is 11.5 Å². The summed E-state index contributed by atoms with van der Waals surface area (Å²) in [6.45, 7) is 7.97. The zero-order chi connectivity index (χ0) is 26.0. The van der Waals surface area contributed by atoms with E-state index in [2.05, 4.69) is 21.9 Å². The molecule has 0 bridgehead atoms.